The number of halogens is 1. The Morgan fingerprint density at radius 3 is 2.58 bits per heavy atom. The van der Waals surface area contributed by atoms with E-state index in [1.807, 2.05) is 0 Å². The maximum Gasteiger partial charge on any atom is 0.223 e. The molecule has 3 aliphatic rings. The van der Waals surface area contributed by atoms with E-state index in [0.717, 1.165) is 32.0 Å². The lowest BCUT2D eigenvalue weighted by atomic mass is 9.83. The molecule has 4 heteroatoms. The number of hydrogen-bond acceptors (Lipinski definition) is 2. The summed E-state index contributed by atoms with van der Waals surface area (Å²) in [5.41, 5.74) is 0. The van der Waals surface area contributed by atoms with E-state index in [1.165, 1.54) is 64.2 Å². The van der Waals surface area contributed by atoms with Gasteiger partial charge in [-0.15, -0.1) is 12.4 Å². The average molecular weight is 357 g/mol. The third-order valence-electron chi connectivity index (χ3n) is 6.66. The molecule has 0 aromatic heterocycles. The summed E-state index contributed by atoms with van der Waals surface area (Å²) in [6.07, 6.45) is 14.2. The Balaban J connectivity index is 0.00000208. The van der Waals surface area contributed by atoms with Crippen LogP contribution < -0.4 is 5.32 Å². The summed E-state index contributed by atoms with van der Waals surface area (Å²) in [5.74, 6) is 2.57. The molecule has 2 aliphatic heterocycles. The summed E-state index contributed by atoms with van der Waals surface area (Å²) in [4.78, 5) is 15.1. The van der Waals surface area contributed by atoms with Crippen molar-refractivity contribution in [1.29, 1.82) is 0 Å². The fourth-order valence-corrected chi connectivity index (χ4v) is 5.14. The predicted octanol–water partition coefficient (Wildman–Crippen LogP) is 4.40. The smallest absolute Gasteiger partial charge is 0.223 e. The van der Waals surface area contributed by atoms with Gasteiger partial charge in [0.25, 0.3) is 0 Å². The first kappa shape index (κ1) is 20.0. The summed E-state index contributed by atoms with van der Waals surface area (Å²) in [5, 5.41) is 3.50. The van der Waals surface area contributed by atoms with Gasteiger partial charge in [0.2, 0.25) is 5.91 Å². The first-order chi connectivity index (χ1) is 11.2. The Morgan fingerprint density at radius 1 is 1.08 bits per heavy atom. The second-order valence-electron chi connectivity index (χ2n) is 8.41. The zero-order valence-corrected chi connectivity index (χ0v) is 16.3. The van der Waals surface area contributed by atoms with Crippen molar-refractivity contribution in [2.75, 3.05) is 19.6 Å². The summed E-state index contributed by atoms with van der Waals surface area (Å²) in [6, 6.07) is 0.558. The van der Waals surface area contributed by atoms with Gasteiger partial charge in [-0.25, -0.2) is 0 Å². The number of carbonyl (C=O) groups is 1. The van der Waals surface area contributed by atoms with Crippen molar-refractivity contribution in [3.8, 4) is 0 Å². The van der Waals surface area contributed by atoms with Crippen LogP contribution in [0.3, 0.4) is 0 Å². The monoisotopic (exact) mass is 356 g/mol. The normalized spacial score (nSPS) is 30.0. The quantitative estimate of drug-likeness (QED) is 0.792. The molecule has 2 saturated heterocycles. The van der Waals surface area contributed by atoms with Crippen LogP contribution in [0.4, 0.5) is 0 Å². The molecule has 0 aromatic rings. The van der Waals surface area contributed by atoms with Crippen LogP contribution in [-0.4, -0.2) is 36.5 Å². The summed E-state index contributed by atoms with van der Waals surface area (Å²) in [6.45, 7) is 5.58. The van der Waals surface area contributed by atoms with Gasteiger partial charge in [0.05, 0.1) is 0 Å². The lowest BCUT2D eigenvalue weighted by Crippen LogP contribution is -2.40. The number of amides is 1. The maximum absolute atomic E-state index is 12.9. The molecule has 140 valence electrons. The Bertz CT molecular complexity index is 378. The van der Waals surface area contributed by atoms with Crippen molar-refractivity contribution >= 4 is 18.3 Å². The number of piperidine rings is 1. The fourth-order valence-electron chi connectivity index (χ4n) is 5.14. The SMILES string of the molecule is CC(CC(=O)N1CCCC1CC1CCCCC1)C1CCCNC1.Cl. The highest BCUT2D eigenvalue weighted by atomic mass is 35.5. The van der Waals surface area contributed by atoms with Gasteiger partial charge in [0, 0.05) is 19.0 Å². The van der Waals surface area contributed by atoms with E-state index in [2.05, 4.69) is 17.1 Å². The summed E-state index contributed by atoms with van der Waals surface area (Å²) >= 11 is 0. The molecule has 3 rings (SSSR count). The molecule has 3 fully saturated rings. The molecule has 3 atom stereocenters. The predicted molar refractivity (Wildman–Crippen MR) is 103 cm³/mol. The highest BCUT2D eigenvalue weighted by molar-refractivity contribution is 5.85. The number of likely N-dealkylation sites (tertiary alicyclic amines) is 1. The van der Waals surface area contributed by atoms with E-state index in [1.54, 1.807) is 0 Å². The van der Waals surface area contributed by atoms with Crippen molar-refractivity contribution in [2.24, 2.45) is 17.8 Å². The topological polar surface area (TPSA) is 32.3 Å². The number of carbonyl (C=O) groups excluding carboxylic acids is 1. The molecule has 1 saturated carbocycles. The molecular weight excluding hydrogens is 320 g/mol. The minimum absolute atomic E-state index is 0. The van der Waals surface area contributed by atoms with Gasteiger partial charge in [0.15, 0.2) is 0 Å². The van der Waals surface area contributed by atoms with Gasteiger partial charge < -0.3 is 10.2 Å². The van der Waals surface area contributed by atoms with Crippen LogP contribution >= 0.6 is 12.4 Å². The van der Waals surface area contributed by atoms with E-state index in [0.29, 0.717) is 23.8 Å². The lowest BCUT2D eigenvalue weighted by molar-refractivity contribution is -0.133. The van der Waals surface area contributed by atoms with Gasteiger partial charge in [-0.2, -0.15) is 0 Å². The Kier molecular flexibility index (Phi) is 8.36. The first-order valence-electron chi connectivity index (χ1n) is 10.2. The molecule has 1 N–H and O–H groups in total. The van der Waals surface area contributed by atoms with E-state index in [9.17, 15) is 4.79 Å². The Hall–Kier alpha value is -0.280. The van der Waals surface area contributed by atoms with E-state index in [-0.39, 0.29) is 12.4 Å². The third kappa shape index (κ3) is 5.36. The van der Waals surface area contributed by atoms with Crippen LogP contribution in [0.5, 0.6) is 0 Å². The third-order valence-corrected chi connectivity index (χ3v) is 6.66. The number of nitrogens with zero attached hydrogens (tertiary/aromatic N) is 1. The molecule has 0 aromatic carbocycles. The zero-order valence-electron chi connectivity index (χ0n) is 15.5. The molecule has 2 heterocycles. The fraction of sp³-hybridized carbons (Fsp3) is 0.950. The molecule has 0 radical (unpaired) electrons. The van der Waals surface area contributed by atoms with E-state index in [4.69, 9.17) is 0 Å². The van der Waals surface area contributed by atoms with Crippen LogP contribution in [-0.2, 0) is 4.79 Å². The molecule has 0 spiro atoms. The highest BCUT2D eigenvalue weighted by Gasteiger charge is 2.32. The molecule has 0 bridgehead atoms. The van der Waals surface area contributed by atoms with Gasteiger partial charge in [-0.05, 0) is 62.9 Å². The zero-order chi connectivity index (χ0) is 16.1. The standard InChI is InChI=1S/C20H36N2O.ClH/c1-16(18-9-5-11-21-15-18)13-20(23)22-12-6-10-19(22)14-17-7-3-2-4-8-17;/h16-19,21H,2-15H2,1H3;1H. The molecular formula is C20H37ClN2O. The van der Waals surface area contributed by atoms with Crippen LogP contribution in [0.15, 0.2) is 0 Å². The van der Waals surface area contributed by atoms with Gasteiger partial charge >= 0.3 is 0 Å². The van der Waals surface area contributed by atoms with Crippen molar-refractivity contribution in [3.05, 3.63) is 0 Å². The molecule has 3 unspecified atom stereocenters. The van der Waals surface area contributed by atoms with Gasteiger partial charge in [0.1, 0.15) is 0 Å². The van der Waals surface area contributed by atoms with Crippen LogP contribution in [0.2, 0.25) is 0 Å². The van der Waals surface area contributed by atoms with Crippen LogP contribution in [0.25, 0.3) is 0 Å². The molecule has 1 amide bonds. The lowest BCUT2D eigenvalue weighted by Gasteiger charge is -2.33. The van der Waals surface area contributed by atoms with Crippen LogP contribution in [0, 0.1) is 17.8 Å². The van der Waals surface area contributed by atoms with Crippen molar-refractivity contribution in [3.63, 3.8) is 0 Å². The second kappa shape index (κ2) is 10.0. The van der Waals surface area contributed by atoms with E-state index >= 15 is 0 Å². The Labute approximate surface area is 154 Å². The Morgan fingerprint density at radius 2 is 1.88 bits per heavy atom. The largest absolute Gasteiger partial charge is 0.340 e. The average Bonchev–Trinajstić information content (AvgIpc) is 3.05. The molecule has 3 nitrogen and oxygen atoms in total. The van der Waals surface area contributed by atoms with Crippen molar-refractivity contribution < 1.29 is 4.79 Å². The van der Waals surface area contributed by atoms with Gasteiger partial charge in [-0.1, -0.05) is 39.0 Å². The molecule has 24 heavy (non-hydrogen) atoms. The highest BCUT2D eigenvalue weighted by Crippen LogP contribution is 2.33. The minimum atomic E-state index is 0. The van der Waals surface area contributed by atoms with Crippen molar-refractivity contribution in [2.45, 2.75) is 83.6 Å². The van der Waals surface area contributed by atoms with Crippen LogP contribution in [0.1, 0.15) is 77.6 Å². The van der Waals surface area contributed by atoms with Crippen molar-refractivity contribution in [1.82, 2.24) is 10.2 Å². The number of rotatable bonds is 5. The molecule has 1 aliphatic carbocycles. The maximum atomic E-state index is 12.9. The second-order valence-corrected chi connectivity index (χ2v) is 8.41. The first-order valence-corrected chi connectivity index (χ1v) is 10.2. The number of hydrogen-bond donors (Lipinski definition) is 1. The van der Waals surface area contributed by atoms with Gasteiger partial charge in [-0.3, -0.25) is 4.79 Å². The summed E-state index contributed by atoms with van der Waals surface area (Å²) < 4.78 is 0. The minimum Gasteiger partial charge on any atom is -0.340 e. The summed E-state index contributed by atoms with van der Waals surface area (Å²) in [7, 11) is 0. The number of nitrogens with one attached hydrogen (secondary N) is 1. The van der Waals surface area contributed by atoms with E-state index < -0.39 is 0 Å².